The summed E-state index contributed by atoms with van der Waals surface area (Å²) in [4.78, 5) is 21.4. The number of hydrogen-bond donors (Lipinski definition) is 1. The van der Waals surface area contributed by atoms with Crippen LogP contribution in [0.1, 0.15) is 28.4 Å². The normalized spacial score (nSPS) is 10.5. The van der Waals surface area contributed by atoms with Gasteiger partial charge in [0.2, 0.25) is 0 Å². The average Bonchev–Trinajstić information content (AvgIpc) is 2.15. The van der Waals surface area contributed by atoms with E-state index in [2.05, 4.69) is 0 Å². The standard InChI is InChI=1S/C12H12O3/c1-8-7-11(9(2)13)4-3-10(8)5-6-12(14)15/h3-7H,1-2H3,(H,14,15). The van der Waals surface area contributed by atoms with Gasteiger partial charge in [-0.1, -0.05) is 12.1 Å². The van der Waals surface area contributed by atoms with Crippen molar-refractivity contribution in [2.45, 2.75) is 13.8 Å². The van der Waals surface area contributed by atoms with Crippen LogP contribution in [0.4, 0.5) is 0 Å². The lowest BCUT2D eigenvalue weighted by Crippen LogP contribution is -1.94. The Bertz CT molecular complexity index is 430. The number of Topliss-reactive ketones (excluding diaryl/α,β-unsaturated/α-hetero) is 1. The molecule has 0 radical (unpaired) electrons. The monoisotopic (exact) mass is 204 g/mol. The predicted molar refractivity (Wildman–Crippen MR) is 57.9 cm³/mol. The summed E-state index contributed by atoms with van der Waals surface area (Å²) >= 11 is 0. The lowest BCUT2D eigenvalue weighted by Gasteiger charge is -2.02. The fourth-order valence-electron chi connectivity index (χ4n) is 1.24. The molecule has 0 saturated heterocycles. The zero-order valence-electron chi connectivity index (χ0n) is 8.65. The molecule has 1 rings (SSSR count). The Morgan fingerprint density at radius 3 is 2.47 bits per heavy atom. The maximum Gasteiger partial charge on any atom is 0.328 e. The number of ketones is 1. The second-order valence-electron chi connectivity index (χ2n) is 3.30. The Kier molecular flexibility index (Phi) is 3.39. The molecule has 1 aromatic rings. The van der Waals surface area contributed by atoms with Gasteiger partial charge in [-0.15, -0.1) is 0 Å². The molecule has 0 unspecified atom stereocenters. The third-order valence-electron chi connectivity index (χ3n) is 2.08. The largest absolute Gasteiger partial charge is 0.478 e. The van der Waals surface area contributed by atoms with Crippen LogP contribution in [-0.4, -0.2) is 16.9 Å². The molecule has 78 valence electrons. The van der Waals surface area contributed by atoms with E-state index in [1.165, 1.54) is 13.0 Å². The van der Waals surface area contributed by atoms with Crippen molar-refractivity contribution in [3.05, 3.63) is 41.0 Å². The third-order valence-corrected chi connectivity index (χ3v) is 2.08. The van der Waals surface area contributed by atoms with E-state index < -0.39 is 5.97 Å². The van der Waals surface area contributed by atoms with Crippen molar-refractivity contribution < 1.29 is 14.7 Å². The summed E-state index contributed by atoms with van der Waals surface area (Å²) in [6.45, 7) is 3.34. The van der Waals surface area contributed by atoms with Crippen LogP contribution in [0.5, 0.6) is 0 Å². The molecule has 3 heteroatoms. The van der Waals surface area contributed by atoms with Crippen LogP contribution < -0.4 is 0 Å². The maximum atomic E-state index is 11.1. The van der Waals surface area contributed by atoms with Crippen LogP contribution in [0.25, 0.3) is 6.08 Å². The van der Waals surface area contributed by atoms with E-state index in [0.29, 0.717) is 5.56 Å². The van der Waals surface area contributed by atoms with Gasteiger partial charge in [0.05, 0.1) is 0 Å². The first-order valence-electron chi connectivity index (χ1n) is 4.53. The first kappa shape index (κ1) is 11.2. The van der Waals surface area contributed by atoms with E-state index >= 15 is 0 Å². The smallest absolute Gasteiger partial charge is 0.328 e. The lowest BCUT2D eigenvalue weighted by atomic mass is 10.0. The minimum absolute atomic E-state index is 0.00636. The highest BCUT2D eigenvalue weighted by atomic mass is 16.4. The van der Waals surface area contributed by atoms with Crippen molar-refractivity contribution in [1.82, 2.24) is 0 Å². The number of aliphatic carboxylic acids is 1. The van der Waals surface area contributed by atoms with Gasteiger partial charge in [-0.2, -0.15) is 0 Å². The van der Waals surface area contributed by atoms with Gasteiger partial charge >= 0.3 is 5.97 Å². The van der Waals surface area contributed by atoms with Crippen molar-refractivity contribution >= 4 is 17.8 Å². The molecule has 0 heterocycles. The average molecular weight is 204 g/mol. The third kappa shape index (κ3) is 3.06. The van der Waals surface area contributed by atoms with E-state index in [0.717, 1.165) is 17.2 Å². The van der Waals surface area contributed by atoms with Gasteiger partial charge in [-0.3, -0.25) is 4.79 Å². The molecule has 0 aliphatic carbocycles. The summed E-state index contributed by atoms with van der Waals surface area (Å²) in [5, 5.41) is 8.47. The molecule has 0 aliphatic heterocycles. The molecule has 1 N–H and O–H groups in total. The van der Waals surface area contributed by atoms with Gasteiger partial charge in [0.1, 0.15) is 0 Å². The minimum Gasteiger partial charge on any atom is -0.478 e. The van der Waals surface area contributed by atoms with Crippen molar-refractivity contribution in [2.75, 3.05) is 0 Å². The molecule has 0 saturated carbocycles. The van der Waals surface area contributed by atoms with Crippen LogP contribution in [0.2, 0.25) is 0 Å². The van der Waals surface area contributed by atoms with Crippen LogP contribution in [0, 0.1) is 6.92 Å². The number of hydrogen-bond acceptors (Lipinski definition) is 2. The maximum absolute atomic E-state index is 11.1. The van der Waals surface area contributed by atoms with Crippen molar-refractivity contribution in [3.8, 4) is 0 Å². The molecule has 0 bridgehead atoms. The Hall–Kier alpha value is -1.90. The van der Waals surface area contributed by atoms with Gasteiger partial charge in [0.25, 0.3) is 0 Å². The van der Waals surface area contributed by atoms with Gasteiger partial charge in [-0.25, -0.2) is 4.79 Å². The van der Waals surface area contributed by atoms with Crippen LogP contribution in [-0.2, 0) is 4.79 Å². The van der Waals surface area contributed by atoms with Gasteiger partial charge in [0.15, 0.2) is 5.78 Å². The number of carbonyl (C=O) groups excluding carboxylic acids is 1. The highest BCUT2D eigenvalue weighted by molar-refractivity contribution is 5.94. The van der Waals surface area contributed by atoms with Crippen molar-refractivity contribution in [1.29, 1.82) is 0 Å². The molecular formula is C12H12O3. The topological polar surface area (TPSA) is 54.4 Å². The lowest BCUT2D eigenvalue weighted by molar-refractivity contribution is -0.131. The number of aryl methyl sites for hydroxylation is 1. The zero-order chi connectivity index (χ0) is 11.4. The highest BCUT2D eigenvalue weighted by Crippen LogP contribution is 2.13. The summed E-state index contributed by atoms with van der Waals surface area (Å²) in [6, 6.07) is 5.19. The molecule has 0 atom stereocenters. The number of benzene rings is 1. The summed E-state index contributed by atoms with van der Waals surface area (Å²) in [5.41, 5.74) is 2.34. The second-order valence-corrected chi connectivity index (χ2v) is 3.30. The van der Waals surface area contributed by atoms with Crippen LogP contribution in [0.3, 0.4) is 0 Å². The Labute approximate surface area is 88.0 Å². The highest BCUT2D eigenvalue weighted by Gasteiger charge is 2.01. The van der Waals surface area contributed by atoms with E-state index in [1.807, 2.05) is 6.92 Å². The summed E-state index contributed by atoms with van der Waals surface area (Å²) in [7, 11) is 0. The van der Waals surface area contributed by atoms with E-state index in [9.17, 15) is 9.59 Å². The number of carboxylic acid groups (broad SMARTS) is 1. The summed E-state index contributed by atoms with van der Waals surface area (Å²) < 4.78 is 0. The van der Waals surface area contributed by atoms with Gasteiger partial charge < -0.3 is 5.11 Å². The molecule has 15 heavy (non-hydrogen) atoms. The molecule has 3 nitrogen and oxygen atoms in total. The molecule has 0 fully saturated rings. The van der Waals surface area contributed by atoms with Crippen LogP contribution in [0.15, 0.2) is 24.3 Å². The first-order valence-corrected chi connectivity index (χ1v) is 4.53. The second kappa shape index (κ2) is 4.55. The Morgan fingerprint density at radius 2 is 2.00 bits per heavy atom. The van der Waals surface area contributed by atoms with Crippen molar-refractivity contribution in [2.24, 2.45) is 0 Å². The molecular weight excluding hydrogens is 192 g/mol. The van der Waals surface area contributed by atoms with Crippen LogP contribution >= 0.6 is 0 Å². The molecule has 0 aromatic heterocycles. The molecule has 0 aliphatic rings. The molecule has 0 spiro atoms. The van der Waals surface area contributed by atoms with E-state index in [1.54, 1.807) is 18.2 Å². The van der Waals surface area contributed by atoms with Crippen molar-refractivity contribution in [3.63, 3.8) is 0 Å². The zero-order valence-corrected chi connectivity index (χ0v) is 8.65. The molecule has 1 aromatic carbocycles. The predicted octanol–water partition coefficient (Wildman–Crippen LogP) is 2.30. The van der Waals surface area contributed by atoms with Gasteiger partial charge in [0, 0.05) is 11.6 Å². The fraction of sp³-hybridized carbons (Fsp3) is 0.167. The van der Waals surface area contributed by atoms with E-state index in [4.69, 9.17) is 5.11 Å². The van der Waals surface area contributed by atoms with Gasteiger partial charge in [-0.05, 0) is 37.1 Å². The summed E-state index contributed by atoms with van der Waals surface area (Å²) in [5.74, 6) is -0.975. The molecule has 0 amide bonds. The quantitative estimate of drug-likeness (QED) is 0.607. The van der Waals surface area contributed by atoms with E-state index in [-0.39, 0.29) is 5.78 Å². The minimum atomic E-state index is -0.981. The Morgan fingerprint density at radius 1 is 1.33 bits per heavy atom. The summed E-state index contributed by atoms with van der Waals surface area (Å²) in [6.07, 6.45) is 2.59. The SMILES string of the molecule is CC(=O)c1ccc(C=CC(=O)O)c(C)c1. The number of carbonyl (C=O) groups is 2. The Balaban J connectivity index is 3.03. The number of carboxylic acids is 1. The fourth-order valence-corrected chi connectivity index (χ4v) is 1.24. The number of rotatable bonds is 3. The first-order chi connectivity index (χ1) is 7.00.